The van der Waals surface area contributed by atoms with Crippen molar-refractivity contribution in [3.63, 3.8) is 0 Å². The molecule has 2 amide bonds. The minimum absolute atomic E-state index is 0.00236. The Labute approximate surface area is 200 Å². The molecule has 2 aromatic heterocycles. The van der Waals surface area contributed by atoms with Crippen molar-refractivity contribution in [2.75, 3.05) is 10.2 Å². The van der Waals surface area contributed by atoms with Gasteiger partial charge in [-0.1, -0.05) is 47.1 Å². The van der Waals surface area contributed by atoms with Crippen LogP contribution in [0.15, 0.2) is 77.4 Å². The molecule has 0 saturated carbocycles. The Hall–Kier alpha value is -4.17. The molecule has 0 aliphatic carbocycles. The second-order valence-corrected chi connectivity index (χ2v) is 8.09. The van der Waals surface area contributed by atoms with E-state index < -0.39 is 0 Å². The summed E-state index contributed by atoms with van der Waals surface area (Å²) in [4.78, 5) is 31.5. The molecule has 0 radical (unpaired) electrons. The van der Waals surface area contributed by atoms with Crippen LogP contribution in [-0.2, 0) is 16.1 Å². The lowest BCUT2D eigenvalue weighted by Crippen LogP contribution is -2.30. The van der Waals surface area contributed by atoms with Crippen LogP contribution in [0.5, 0.6) is 11.6 Å². The van der Waals surface area contributed by atoms with Crippen LogP contribution in [0.25, 0.3) is 11.3 Å². The molecule has 4 aromatic rings. The molecular formula is C25H19ClN4O4. The lowest BCUT2D eigenvalue weighted by Gasteiger charge is -2.21. The zero-order valence-electron chi connectivity index (χ0n) is 17.9. The van der Waals surface area contributed by atoms with E-state index in [1.165, 1.54) is 0 Å². The first-order valence-corrected chi connectivity index (χ1v) is 11.0. The normalized spacial score (nSPS) is 12.2. The summed E-state index contributed by atoms with van der Waals surface area (Å²) in [6, 6.07) is 19.8. The van der Waals surface area contributed by atoms with Crippen molar-refractivity contribution in [1.82, 2.24) is 10.1 Å². The van der Waals surface area contributed by atoms with Gasteiger partial charge < -0.3 is 14.2 Å². The van der Waals surface area contributed by atoms with Gasteiger partial charge in [-0.25, -0.2) is 4.98 Å². The Morgan fingerprint density at radius 3 is 2.79 bits per heavy atom. The van der Waals surface area contributed by atoms with Gasteiger partial charge in [0.05, 0.1) is 6.54 Å². The third-order valence-corrected chi connectivity index (χ3v) is 5.54. The fraction of sp³-hybridized carbons (Fsp3) is 0.120. The first kappa shape index (κ1) is 21.7. The average Bonchev–Trinajstić information content (AvgIpc) is 3.23. The Morgan fingerprint density at radius 1 is 1.03 bits per heavy atom. The second-order valence-electron chi connectivity index (χ2n) is 7.65. The number of anilines is 2. The molecule has 5 rings (SSSR count). The number of nitrogens with zero attached hydrogens (tertiary/aromatic N) is 3. The van der Waals surface area contributed by atoms with Gasteiger partial charge in [-0.3, -0.25) is 14.9 Å². The van der Waals surface area contributed by atoms with Gasteiger partial charge in [0, 0.05) is 41.3 Å². The quantitative estimate of drug-likeness (QED) is 0.413. The Kier molecular flexibility index (Phi) is 5.97. The number of hydrogen-bond donors (Lipinski definition) is 1. The number of nitrogens with one attached hydrogen (secondary N) is 1. The van der Waals surface area contributed by atoms with Crippen molar-refractivity contribution in [1.29, 1.82) is 0 Å². The fourth-order valence-electron chi connectivity index (χ4n) is 3.66. The summed E-state index contributed by atoms with van der Waals surface area (Å²) in [5.41, 5.74) is 2.73. The van der Waals surface area contributed by atoms with Crippen LogP contribution in [-0.4, -0.2) is 22.0 Å². The van der Waals surface area contributed by atoms with Crippen LogP contribution in [0.4, 0.5) is 11.6 Å². The number of para-hydroxylation sites is 1. The summed E-state index contributed by atoms with van der Waals surface area (Å²) in [7, 11) is 0. The predicted octanol–water partition coefficient (Wildman–Crippen LogP) is 5.45. The maximum atomic E-state index is 13.1. The van der Waals surface area contributed by atoms with Gasteiger partial charge in [0.25, 0.3) is 0 Å². The lowest BCUT2D eigenvalue weighted by atomic mass is 10.1. The third kappa shape index (κ3) is 4.62. The van der Waals surface area contributed by atoms with Gasteiger partial charge in [0.15, 0.2) is 0 Å². The molecule has 170 valence electrons. The van der Waals surface area contributed by atoms with E-state index in [9.17, 15) is 9.59 Å². The second kappa shape index (κ2) is 9.36. The first-order valence-electron chi connectivity index (χ1n) is 10.6. The van der Waals surface area contributed by atoms with Crippen LogP contribution in [0, 0.1) is 0 Å². The Bertz CT molecular complexity index is 1370. The van der Waals surface area contributed by atoms with Gasteiger partial charge in [0.2, 0.25) is 23.6 Å². The number of carbonyl (C=O) groups is 2. The molecule has 34 heavy (non-hydrogen) atoms. The molecule has 1 N–H and O–H groups in total. The molecule has 0 saturated heterocycles. The number of benzene rings is 2. The maximum absolute atomic E-state index is 13.1. The van der Waals surface area contributed by atoms with Crippen LogP contribution in [0.1, 0.15) is 18.4 Å². The number of ether oxygens (including phenoxy) is 1. The van der Waals surface area contributed by atoms with E-state index in [1.807, 2.05) is 30.3 Å². The molecule has 0 fully saturated rings. The van der Waals surface area contributed by atoms with Crippen LogP contribution in [0.2, 0.25) is 5.02 Å². The molecule has 0 bridgehead atoms. The minimum Gasteiger partial charge on any atom is -0.437 e. The number of fused-ring (bicyclic) bond motifs is 2. The summed E-state index contributed by atoms with van der Waals surface area (Å²) >= 11 is 6.01. The molecule has 3 heterocycles. The van der Waals surface area contributed by atoms with Crippen molar-refractivity contribution in [3.8, 4) is 22.9 Å². The molecule has 1 aliphatic rings. The number of pyridine rings is 1. The molecule has 8 nitrogen and oxygen atoms in total. The number of aromatic nitrogens is 2. The highest BCUT2D eigenvalue weighted by Gasteiger charge is 2.26. The van der Waals surface area contributed by atoms with Crippen molar-refractivity contribution >= 4 is 35.0 Å². The van der Waals surface area contributed by atoms with Gasteiger partial charge in [-0.2, -0.15) is 0 Å². The Balaban J connectivity index is 1.25. The van der Waals surface area contributed by atoms with Crippen molar-refractivity contribution in [2.24, 2.45) is 0 Å². The SMILES string of the molecule is O=C(CCC(=O)N1Cc2ccccc2Oc2ncccc21)Nc1cc(-c2cccc(Cl)c2)no1. The lowest BCUT2D eigenvalue weighted by molar-refractivity contribution is -0.122. The van der Waals surface area contributed by atoms with E-state index in [1.54, 1.807) is 47.5 Å². The highest BCUT2D eigenvalue weighted by atomic mass is 35.5. The van der Waals surface area contributed by atoms with Crippen LogP contribution in [0.3, 0.4) is 0 Å². The molecule has 0 unspecified atom stereocenters. The van der Waals surface area contributed by atoms with E-state index in [4.69, 9.17) is 20.9 Å². The van der Waals surface area contributed by atoms with Crippen molar-refractivity contribution < 1.29 is 18.8 Å². The molecule has 2 aromatic carbocycles. The van der Waals surface area contributed by atoms with E-state index >= 15 is 0 Å². The molecule has 0 spiro atoms. The first-order chi connectivity index (χ1) is 16.6. The number of hydrogen-bond acceptors (Lipinski definition) is 6. The third-order valence-electron chi connectivity index (χ3n) is 5.31. The molecule has 1 aliphatic heterocycles. The zero-order valence-corrected chi connectivity index (χ0v) is 18.7. The Morgan fingerprint density at radius 2 is 1.91 bits per heavy atom. The molecule has 9 heteroatoms. The van der Waals surface area contributed by atoms with E-state index in [-0.39, 0.29) is 30.5 Å². The largest absolute Gasteiger partial charge is 0.437 e. The van der Waals surface area contributed by atoms with Gasteiger partial charge in [-0.05, 0) is 30.3 Å². The van der Waals surface area contributed by atoms with Crippen molar-refractivity contribution in [3.05, 3.63) is 83.5 Å². The van der Waals surface area contributed by atoms with Crippen LogP contribution < -0.4 is 15.0 Å². The monoisotopic (exact) mass is 474 g/mol. The van der Waals surface area contributed by atoms with E-state index in [0.717, 1.165) is 11.1 Å². The van der Waals surface area contributed by atoms with Gasteiger partial charge in [0.1, 0.15) is 17.1 Å². The van der Waals surface area contributed by atoms with Gasteiger partial charge >= 0.3 is 0 Å². The fourth-order valence-corrected chi connectivity index (χ4v) is 3.85. The van der Waals surface area contributed by atoms with Crippen LogP contribution >= 0.6 is 11.6 Å². The standard InChI is InChI=1S/C25H19ClN4O4/c26-18-7-3-6-16(13-18)19-14-23(34-29-19)28-22(31)10-11-24(32)30-15-17-5-1-2-9-21(17)33-25-20(30)8-4-12-27-25/h1-9,12-14H,10-11,15H2,(H,28,31). The smallest absolute Gasteiger partial charge is 0.243 e. The highest BCUT2D eigenvalue weighted by molar-refractivity contribution is 6.30. The summed E-state index contributed by atoms with van der Waals surface area (Å²) in [5.74, 6) is 0.609. The summed E-state index contributed by atoms with van der Waals surface area (Å²) < 4.78 is 11.1. The number of rotatable bonds is 5. The summed E-state index contributed by atoms with van der Waals surface area (Å²) in [6.07, 6.45) is 1.58. The molecular weight excluding hydrogens is 456 g/mol. The number of amides is 2. The van der Waals surface area contributed by atoms with E-state index in [0.29, 0.717) is 34.6 Å². The predicted molar refractivity (Wildman–Crippen MR) is 127 cm³/mol. The van der Waals surface area contributed by atoms with E-state index in [2.05, 4.69) is 15.5 Å². The summed E-state index contributed by atoms with van der Waals surface area (Å²) in [6.45, 7) is 0.320. The van der Waals surface area contributed by atoms with Crippen molar-refractivity contribution in [2.45, 2.75) is 19.4 Å². The average molecular weight is 475 g/mol. The minimum atomic E-state index is -0.361. The maximum Gasteiger partial charge on any atom is 0.243 e. The number of halogens is 1. The molecule has 0 atom stereocenters. The topological polar surface area (TPSA) is 97.6 Å². The summed E-state index contributed by atoms with van der Waals surface area (Å²) in [5, 5.41) is 7.18. The zero-order chi connectivity index (χ0) is 23.5. The number of carbonyl (C=O) groups excluding carboxylic acids is 2. The highest BCUT2D eigenvalue weighted by Crippen LogP contribution is 2.37. The van der Waals surface area contributed by atoms with Gasteiger partial charge in [-0.15, -0.1) is 0 Å².